The standard InChI is InChI=1S/C24H28N4O3.CH3F/c1-30-19-4-2-18(3-5-19)24(29)28-11-7-17(8-12-28)20-6-10-25-23-22(20)26-21(27-23)14-16-9-13-31-15-16;1-2/h2-6,10,16-17H,7-9,11-15H2,1H3,(H,25,26,27);1H3. The Kier molecular flexibility index (Phi) is 7.54. The van der Waals surface area contributed by atoms with E-state index in [1.807, 2.05) is 35.4 Å². The Bertz CT molecular complexity index is 1060. The van der Waals surface area contributed by atoms with Gasteiger partial charge in [0, 0.05) is 44.5 Å². The summed E-state index contributed by atoms with van der Waals surface area (Å²) in [6.45, 7) is 3.17. The molecule has 0 radical (unpaired) electrons. The van der Waals surface area contributed by atoms with Crippen molar-refractivity contribution in [1.29, 1.82) is 0 Å². The number of likely N-dealkylation sites (tertiary alicyclic amines) is 1. The molecule has 8 heteroatoms. The quantitative estimate of drug-likeness (QED) is 0.626. The number of hydrogen-bond acceptors (Lipinski definition) is 5. The largest absolute Gasteiger partial charge is 0.497 e. The summed E-state index contributed by atoms with van der Waals surface area (Å²) >= 11 is 0. The van der Waals surface area contributed by atoms with E-state index >= 15 is 0 Å². The molecule has 7 nitrogen and oxygen atoms in total. The summed E-state index contributed by atoms with van der Waals surface area (Å²) in [5, 5.41) is 0. The lowest BCUT2D eigenvalue weighted by molar-refractivity contribution is 0.0713. The minimum Gasteiger partial charge on any atom is -0.497 e. The molecule has 176 valence electrons. The number of halogens is 1. The van der Waals surface area contributed by atoms with Crippen LogP contribution in [0.25, 0.3) is 11.2 Å². The number of pyridine rings is 1. The number of carbonyl (C=O) groups excluding carboxylic acids is 1. The van der Waals surface area contributed by atoms with Crippen molar-refractivity contribution in [2.24, 2.45) is 5.92 Å². The molecule has 0 aliphatic carbocycles. The summed E-state index contributed by atoms with van der Waals surface area (Å²) in [7, 11) is 2.13. The minimum absolute atomic E-state index is 0.0867. The number of ether oxygens (including phenoxy) is 2. The maximum atomic E-state index is 12.9. The number of carbonyl (C=O) groups is 1. The Balaban J connectivity index is 0.00000126. The van der Waals surface area contributed by atoms with Gasteiger partial charge in [0.1, 0.15) is 11.6 Å². The van der Waals surface area contributed by atoms with Crippen molar-refractivity contribution in [2.75, 3.05) is 40.6 Å². The SMILES string of the molecule is CF.COc1ccc(C(=O)N2CCC(c3ccnc4nc(CC5CCOC5)[nH]c34)CC2)cc1. The number of methoxy groups -OCH3 is 1. The molecule has 1 N–H and O–H groups in total. The van der Waals surface area contributed by atoms with Crippen molar-refractivity contribution in [3.63, 3.8) is 0 Å². The molecule has 3 aromatic rings. The van der Waals surface area contributed by atoms with E-state index in [-0.39, 0.29) is 5.91 Å². The van der Waals surface area contributed by atoms with Crippen LogP contribution in [0.15, 0.2) is 36.5 Å². The summed E-state index contributed by atoms with van der Waals surface area (Å²) in [6.07, 6.45) is 5.73. The number of imidazole rings is 1. The van der Waals surface area contributed by atoms with Gasteiger partial charge in [-0.05, 0) is 67.0 Å². The summed E-state index contributed by atoms with van der Waals surface area (Å²) in [5.41, 5.74) is 3.82. The molecule has 5 rings (SSSR count). The third kappa shape index (κ3) is 5.16. The van der Waals surface area contributed by atoms with E-state index in [2.05, 4.69) is 16.0 Å². The average molecular weight is 455 g/mol. The highest BCUT2D eigenvalue weighted by Gasteiger charge is 2.27. The number of piperidine rings is 1. The van der Waals surface area contributed by atoms with E-state index in [1.54, 1.807) is 7.11 Å². The molecule has 1 atom stereocenters. The maximum absolute atomic E-state index is 12.9. The third-order valence-corrected chi connectivity index (χ3v) is 6.54. The molecular weight excluding hydrogens is 423 g/mol. The summed E-state index contributed by atoms with van der Waals surface area (Å²) in [5.74, 6) is 2.78. The number of aromatic nitrogens is 3. The van der Waals surface area contributed by atoms with Gasteiger partial charge in [-0.15, -0.1) is 0 Å². The Morgan fingerprint density at radius 3 is 2.61 bits per heavy atom. The number of hydrogen-bond donors (Lipinski definition) is 1. The van der Waals surface area contributed by atoms with Crippen molar-refractivity contribution in [2.45, 2.75) is 31.6 Å². The average Bonchev–Trinajstić information content (AvgIpc) is 3.54. The number of alkyl halides is 1. The number of nitrogens with zero attached hydrogens (tertiary/aromatic N) is 3. The van der Waals surface area contributed by atoms with E-state index in [0.29, 0.717) is 24.6 Å². The molecule has 0 bridgehead atoms. The summed E-state index contributed by atoms with van der Waals surface area (Å²) in [4.78, 5) is 27.6. The van der Waals surface area contributed by atoms with Gasteiger partial charge in [0.05, 0.1) is 19.8 Å². The fraction of sp³-hybridized carbons (Fsp3) is 0.480. The summed E-state index contributed by atoms with van der Waals surface area (Å²) in [6, 6.07) is 9.44. The first-order valence-corrected chi connectivity index (χ1v) is 11.4. The zero-order chi connectivity index (χ0) is 23.2. The van der Waals surface area contributed by atoms with Crippen LogP contribution in [0, 0.1) is 5.92 Å². The van der Waals surface area contributed by atoms with E-state index < -0.39 is 0 Å². The predicted octanol–water partition coefficient (Wildman–Crippen LogP) is 4.15. The van der Waals surface area contributed by atoms with Gasteiger partial charge >= 0.3 is 0 Å². The molecule has 2 aliphatic heterocycles. The van der Waals surface area contributed by atoms with Crippen LogP contribution in [0.2, 0.25) is 0 Å². The fourth-order valence-electron chi connectivity index (χ4n) is 4.74. The lowest BCUT2D eigenvalue weighted by Crippen LogP contribution is -2.37. The number of benzene rings is 1. The maximum Gasteiger partial charge on any atom is 0.253 e. The molecule has 2 aromatic heterocycles. The first-order chi connectivity index (χ1) is 16.2. The van der Waals surface area contributed by atoms with Gasteiger partial charge in [-0.1, -0.05) is 0 Å². The van der Waals surface area contributed by atoms with Crippen molar-refractivity contribution >= 4 is 17.1 Å². The van der Waals surface area contributed by atoms with Crippen molar-refractivity contribution in [3.05, 3.63) is 53.5 Å². The van der Waals surface area contributed by atoms with Crippen molar-refractivity contribution < 1.29 is 18.7 Å². The van der Waals surface area contributed by atoms with Crippen LogP contribution >= 0.6 is 0 Å². The lowest BCUT2D eigenvalue weighted by Gasteiger charge is -2.32. The van der Waals surface area contributed by atoms with Gasteiger partial charge in [0.25, 0.3) is 5.91 Å². The van der Waals surface area contributed by atoms with Gasteiger partial charge in [0.15, 0.2) is 5.65 Å². The second-order valence-corrected chi connectivity index (χ2v) is 8.51. The number of fused-ring (bicyclic) bond motifs is 1. The zero-order valence-corrected chi connectivity index (χ0v) is 19.2. The highest BCUT2D eigenvalue weighted by molar-refractivity contribution is 5.94. The van der Waals surface area contributed by atoms with Gasteiger partial charge in [0.2, 0.25) is 0 Å². The lowest BCUT2D eigenvalue weighted by atomic mass is 9.89. The zero-order valence-electron chi connectivity index (χ0n) is 19.2. The Morgan fingerprint density at radius 2 is 1.94 bits per heavy atom. The molecule has 1 aromatic carbocycles. The van der Waals surface area contributed by atoms with E-state index in [0.717, 1.165) is 74.7 Å². The summed E-state index contributed by atoms with van der Waals surface area (Å²) < 4.78 is 20.2. The van der Waals surface area contributed by atoms with Crippen molar-refractivity contribution in [3.8, 4) is 5.75 Å². The number of aromatic amines is 1. The van der Waals surface area contributed by atoms with Crippen LogP contribution < -0.4 is 4.74 Å². The second kappa shape index (κ2) is 10.7. The molecule has 2 fully saturated rings. The van der Waals surface area contributed by atoms with Crippen LogP contribution in [-0.2, 0) is 11.2 Å². The van der Waals surface area contributed by atoms with Crippen LogP contribution in [0.1, 0.15) is 46.9 Å². The molecule has 4 heterocycles. The van der Waals surface area contributed by atoms with E-state index in [9.17, 15) is 9.18 Å². The Labute approximate surface area is 193 Å². The third-order valence-electron chi connectivity index (χ3n) is 6.54. The monoisotopic (exact) mass is 454 g/mol. The van der Waals surface area contributed by atoms with E-state index in [1.165, 1.54) is 5.56 Å². The number of nitrogens with one attached hydrogen (secondary N) is 1. The smallest absolute Gasteiger partial charge is 0.253 e. The molecule has 1 unspecified atom stereocenters. The Morgan fingerprint density at radius 1 is 1.18 bits per heavy atom. The van der Waals surface area contributed by atoms with Gasteiger partial charge in [-0.3, -0.25) is 9.18 Å². The number of rotatable bonds is 5. The van der Waals surface area contributed by atoms with Crippen LogP contribution in [0.3, 0.4) is 0 Å². The van der Waals surface area contributed by atoms with Gasteiger partial charge < -0.3 is 19.4 Å². The van der Waals surface area contributed by atoms with Crippen LogP contribution in [-0.4, -0.2) is 66.3 Å². The highest BCUT2D eigenvalue weighted by Crippen LogP contribution is 2.32. The minimum atomic E-state index is 0.0867. The molecule has 0 spiro atoms. The highest BCUT2D eigenvalue weighted by atomic mass is 19.1. The number of H-pyrrole nitrogens is 1. The molecule has 33 heavy (non-hydrogen) atoms. The first kappa shape index (κ1) is 23.2. The molecule has 0 saturated carbocycles. The predicted molar refractivity (Wildman–Crippen MR) is 124 cm³/mol. The molecule has 2 aliphatic rings. The Hall–Kier alpha value is -3.00. The second-order valence-electron chi connectivity index (χ2n) is 8.51. The fourth-order valence-corrected chi connectivity index (χ4v) is 4.74. The van der Waals surface area contributed by atoms with Crippen molar-refractivity contribution in [1.82, 2.24) is 19.9 Å². The van der Waals surface area contributed by atoms with Crippen LogP contribution in [0.4, 0.5) is 4.39 Å². The van der Waals surface area contributed by atoms with E-state index in [4.69, 9.17) is 14.5 Å². The molecular formula is C25H31FN4O3. The topological polar surface area (TPSA) is 80.3 Å². The first-order valence-electron chi connectivity index (χ1n) is 11.4. The van der Waals surface area contributed by atoms with Gasteiger partial charge in [-0.2, -0.15) is 0 Å². The number of amides is 1. The molecule has 2 saturated heterocycles. The van der Waals surface area contributed by atoms with Crippen LogP contribution in [0.5, 0.6) is 5.75 Å². The van der Waals surface area contributed by atoms with Gasteiger partial charge in [-0.25, -0.2) is 9.97 Å². The molecule has 1 amide bonds. The normalized spacial score (nSPS) is 18.8.